The number of nitrogens with one attached hydrogen (secondary N) is 1. The van der Waals surface area contributed by atoms with Crippen molar-refractivity contribution >= 4 is 52.6 Å². The molecular formula is C41H49B2N3O7. The number of hydrogen-bond acceptors (Lipinski definition) is 9. The fraction of sp³-hybridized carbons (Fsp3) is 0.293. The first-order chi connectivity index (χ1) is 25.7. The van der Waals surface area contributed by atoms with Crippen LogP contribution in [0.1, 0.15) is 35.6 Å². The van der Waals surface area contributed by atoms with Crippen LogP contribution in [0, 0.1) is 0 Å². The molecule has 5 aromatic carbocycles. The van der Waals surface area contributed by atoms with Crippen LogP contribution in [0.15, 0.2) is 109 Å². The fourth-order valence-electron chi connectivity index (χ4n) is 6.88. The Morgan fingerprint density at radius 1 is 0.660 bits per heavy atom. The van der Waals surface area contributed by atoms with Crippen LogP contribution in [0.4, 0.5) is 0 Å². The van der Waals surface area contributed by atoms with Gasteiger partial charge in [0.05, 0.1) is 19.8 Å². The van der Waals surface area contributed by atoms with E-state index in [1.807, 2.05) is 48.5 Å². The van der Waals surface area contributed by atoms with Crippen LogP contribution in [-0.2, 0) is 35.7 Å². The van der Waals surface area contributed by atoms with Crippen molar-refractivity contribution in [3.63, 3.8) is 0 Å². The standard InChI is InChI=1S/C41H49B2N3O7/c1-30(2)41(48)44-20-11-21-45(26-31-12-3-9-18-39(31)42(49)50)28-37-33-14-5-7-16-35(33)38(36-17-8-6-15-34(36)37)29-46(22-24-53-25-23-47)27-32-13-4-10-19-40(32)43(51)52/h3-10,12-19,47,49-52H,1,11,20-29H2,2H3,(H,44,48). The second-order valence-electron chi connectivity index (χ2n) is 13.3. The lowest BCUT2D eigenvalue weighted by molar-refractivity contribution is -0.117. The molecule has 0 radical (unpaired) electrons. The van der Waals surface area contributed by atoms with Crippen molar-refractivity contribution < 1.29 is 34.7 Å². The summed E-state index contributed by atoms with van der Waals surface area (Å²) in [6.45, 7) is 9.66. The topological polar surface area (TPSA) is 146 Å². The monoisotopic (exact) mass is 717 g/mol. The van der Waals surface area contributed by atoms with Gasteiger partial charge in [0.1, 0.15) is 0 Å². The van der Waals surface area contributed by atoms with Crippen molar-refractivity contribution in [2.45, 2.75) is 39.5 Å². The quantitative estimate of drug-likeness (QED) is 0.0310. The molecule has 0 aliphatic carbocycles. The van der Waals surface area contributed by atoms with Crippen LogP contribution in [0.2, 0.25) is 0 Å². The minimum absolute atomic E-state index is 0.0669. The first-order valence-corrected chi connectivity index (χ1v) is 18.0. The Kier molecular flexibility index (Phi) is 14.8. The Bertz CT molecular complexity index is 1930. The zero-order chi connectivity index (χ0) is 37.7. The fourth-order valence-corrected chi connectivity index (χ4v) is 6.88. The van der Waals surface area contributed by atoms with Gasteiger partial charge in [-0.05, 0) is 68.1 Å². The van der Waals surface area contributed by atoms with E-state index in [0.29, 0.717) is 75.3 Å². The number of carbonyl (C=O) groups is 1. The van der Waals surface area contributed by atoms with Gasteiger partial charge in [-0.3, -0.25) is 14.6 Å². The van der Waals surface area contributed by atoms with E-state index in [1.54, 1.807) is 31.2 Å². The molecule has 0 atom stereocenters. The van der Waals surface area contributed by atoms with Gasteiger partial charge in [-0.15, -0.1) is 0 Å². The average molecular weight is 717 g/mol. The maximum absolute atomic E-state index is 12.2. The first kappa shape index (κ1) is 39.8. The molecule has 0 saturated carbocycles. The molecule has 0 heterocycles. The Balaban J connectivity index is 1.54. The van der Waals surface area contributed by atoms with E-state index in [4.69, 9.17) is 4.74 Å². The highest BCUT2D eigenvalue weighted by atomic mass is 16.5. The third-order valence-electron chi connectivity index (χ3n) is 9.48. The van der Waals surface area contributed by atoms with Gasteiger partial charge in [0.25, 0.3) is 0 Å². The van der Waals surface area contributed by atoms with Crippen molar-refractivity contribution in [2.75, 3.05) is 39.5 Å². The number of aliphatic hydroxyl groups excluding tert-OH is 1. The van der Waals surface area contributed by atoms with Gasteiger partial charge in [-0.1, -0.05) is 104 Å². The van der Waals surface area contributed by atoms with E-state index >= 15 is 0 Å². The van der Waals surface area contributed by atoms with Gasteiger partial charge in [0, 0.05) is 51.4 Å². The number of amides is 1. The van der Waals surface area contributed by atoms with Crippen molar-refractivity contribution in [1.82, 2.24) is 15.1 Å². The molecule has 0 fully saturated rings. The molecule has 5 aromatic rings. The Labute approximate surface area is 312 Å². The summed E-state index contributed by atoms with van der Waals surface area (Å²) in [6, 6.07) is 31.4. The predicted octanol–water partition coefficient (Wildman–Crippen LogP) is 2.45. The molecular weight excluding hydrogens is 668 g/mol. The zero-order valence-corrected chi connectivity index (χ0v) is 30.3. The molecule has 10 nitrogen and oxygen atoms in total. The second kappa shape index (κ2) is 19.6. The number of aliphatic hydroxyl groups is 1. The van der Waals surface area contributed by atoms with E-state index in [2.05, 4.69) is 46.0 Å². The molecule has 0 unspecified atom stereocenters. The summed E-state index contributed by atoms with van der Waals surface area (Å²) in [4.78, 5) is 16.7. The number of rotatable bonds is 20. The van der Waals surface area contributed by atoms with Gasteiger partial charge in [-0.2, -0.15) is 0 Å². The number of fused-ring (bicyclic) bond motifs is 2. The van der Waals surface area contributed by atoms with E-state index in [1.165, 1.54) is 0 Å². The Hall–Kier alpha value is -4.36. The van der Waals surface area contributed by atoms with Gasteiger partial charge in [-0.25, -0.2) is 0 Å². The Morgan fingerprint density at radius 3 is 1.53 bits per heavy atom. The van der Waals surface area contributed by atoms with Gasteiger partial charge < -0.3 is 35.3 Å². The zero-order valence-electron chi connectivity index (χ0n) is 30.3. The third-order valence-corrected chi connectivity index (χ3v) is 9.48. The second-order valence-corrected chi connectivity index (χ2v) is 13.3. The molecule has 276 valence electrons. The number of ether oxygens (including phenoxy) is 1. The summed E-state index contributed by atoms with van der Waals surface area (Å²) in [5.41, 5.74) is 5.25. The highest BCUT2D eigenvalue weighted by Gasteiger charge is 2.22. The predicted molar refractivity (Wildman–Crippen MR) is 213 cm³/mol. The van der Waals surface area contributed by atoms with Crippen LogP contribution in [0.5, 0.6) is 0 Å². The van der Waals surface area contributed by atoms with E-state index in [0.717, 1.165) is 43.8 Å². The molecule has 6 N–H and O–H groups in total. The molecule has 53 heavy (non-hydrogen) atoms. The van der Waals surface area contributed by atoms with Crippen LogP contribution in [-0.4, -0.2) is 94.6 Å². The molecule has 1 amide bonds. The lowest BCUT2D eigenvalue weighted by Gasteiger charge is -2.28. The largest absolute Gasteiger partial charge is 0.488 e. The lowest BCUT2D eigenvalue weighted by Crippen LogP contribution is -2.36. The van der Waals surface area contributed by atoms with Crippen LogP contribution >= 0.6 is 0 Å². The van der Waals surface area contributed by atoms with E-state index in [-0.39, 0.29) is 19.1 Å². The Morgan fingerprint density at radius 2 is 1.09 bits per heavy atom. The summed E-state index contributed by atoms with van der Waals surface area (Å²) >= 11 is 0. The molecule has 0 saturated heterocycles. The minimum atomic E-state index is -1.60. The van der Waals surface area contributed by atoms with Crippen molar-refractivity contribution in [3.05, 3.63) is 131 Å². The van der Waals surface area contributed by atoms with Crippen molar-refractivity contribution in [1.29, 1.82) is 0 Å². The maximum atomic E-state index is 12.2. The number of nitrogens with zero attached hydrogens (tertiary/aromatic N) is 2. The molecule has 0 aliphatic heterocycles. The lowest BCUT2D eigenvalue weighted by atomic mass is 9.77. The van der Waals surface area contributed by atoms with Gasteiger partial charge >= 0.3 is 14.2 Å². The SMILES string of the molecule is C=C(C)C(=O)NCCCN(Cc1ccccc1B(O)O)Cc1c2ccccc2c(CN(CCOCCO)Cc2ccccc2B(O)O)c2ccccc12. The van der Waals surface area contributed by atoms with Crippen LogP contribution in [0.25, 0.3) is 21.5 Å². The van der Waals surface area contributed by atoms with Gasteiger partial charge in [0.2, 0.25) is 5.91 Å². The average Bonchev–Trinajstić information content (AvgIpc) is 3.16. The molecule has 0 aliphatic rings. The van der Waals surface area contributed by atoms with Crippen LogP contribution < -0.4 is 16.2 Å². The summed E-state index contributed by atoms with van der Waals surface area (Å²) in [7, 11) is -3.20. The van der Waals surface area contributed by atoms with Crippen molar-refractivity contribution in [2.24, 2.45) is 0 Å². The van der Waals surface area contributed by atoms with Crippen LogP contribution in [0.3, 0.4) is 0 Å². The van der Waals surface area contributed by atoms with E-state index in [9.17, 15) is 30.0 Å². The van der Waals surface area contributed by atoms with Gasteiger partial charge in [0.15, 0.2) is 0 Å². The molecule has 12 heteroatoms. The molecule has 0 aromatic heterocycles. The number of benzene rings is 5. The molecule has 0 spiro atoms. The summed E-state index contributed by atoms with van der Waals surface area (Å²) in [6.07, 6.45) is 0.675. The minimum Gasteiger partial charge on any atom is -0.423 e. The highest BCUT2D eigenvalue weighted by molar-refractivity contribution is 6.59. The molecule has 5 rings (SSSR count). The van der Waals surface area contributed by atoms with E-state index < -0.39 is 14.2 Å². The summed E-state index contributed by atoms with van der Waals surface area (Å²) < 4.78 is 5.69. The summed E-state index contributed by atoms with van der Waals surface area (Å²) in [5, 5.41) is 57.2. The normalized spacial score (nSPS) is 11.5. The summed E-state index contributed by atoms with van der Waals surface area (Å²) in [5.74, 6) is -0.178. The number of carbonyl (C=O) groups excluding carboxylic acids is 1. The first-order valence-electron chi connectivity index (χ1n) is 18.0. The smallest absolute Gasteiger partial charge is 0.423 e. The third kappa shape index (κ3) is 10.6. The number of hydrogen-bond donors (Lipinski definition) is 6. The highest BCUT2D eigenvalue weighted by Crippen LogP contribution is 2.35. The maximum Gasteiger partial charge on any atom is 0.488 e. The molecule has 0 bridgehead atoms. The van der Waals surface area contributed by atoms with Crippen molar-refractivity contribution in [3.8, 4) is 0 Å².